The Morgan fingerprint density at radius 1 is 1.32 bits per heavy atom. The molecule has 6 heteroatoms. The number of fused-ring (bicyclic) bond motifs is 1. The van der Waals surface area contributed by atoms with E-state index in [1.54, 1.807) is 16.8 Å². The van der Waals surface area contributed by atoms with E-state index in [0.717, 1.165) is 18.2 Å². The van der Waals surface area contributed by atoms with Crippen LogP contribution in [0.2, 0.25) is 5.02 Å². The van der Waals surface area contributed by atoms with Gasteiger partial charge in [0.2, 0.25) is 5.95 Å². The third-order valence-electron chi connectivity index (χ3n) is 4.18. The molecule has 118 valence electrons. The lowest BCUT2D eigenvalue weighted by molar-refractivity contribution is 0.461. The summed E-state index contributed by atoms with van der Waals surface area (Å²) < 4.78 is 1.63. The number of pyridine rings is 1. The van der Waals surface area contributed by atoms with E-state index >= 15 is 0 Å². The van der Waals surface area contributed by atoms with E-state index in [4.69, 9.17) is 11.6 Å². The van der Waals surface area contributed by atoms with Gasteiger partial charge in [0.25, 0.3) is 5.56 Å². The number of halogens is 1. The smallest absolute Gasteiger partial charge is 0.271 e. The van der Waals surface area contributed by atoms with E-state index in [-0.39, 0.29) is 16.6 Å². The van der Waals surface area contributed by atoms with Gasteiger partial charge in [0.05, 0.1) is 0 Å². The van der Waals surface area contributed by atoms with Crippen LogP contribution in [0.5, 0.6) is 0 Å². The van der Waals surface area contributed by atoms with Crippen molar-refractivity contribution in [1.82, 2.24) is 14.5 Å². The highest BCUT2D eigenvalue weighted by Crippen LogP contribution is 2.22. The summed E-state index contributed by atoms with van der Waals surface area (Å²) in [7, 11) is 0. The molecule has 0 amide bonds. The molecular formula is C16H21ClN4O. The van der Waals surface area contributed by atoms with Gasteiger partial charge in [-0.3, -0.25) is 9.36 Å². The highest BCUT2D eigenvalue weighted by molar-refractivity contribution is 6.31. The summed E-state index contributed by atoms with van der Waals surface area (Å²) in [4.78, 5) is 21.2. The van der Waals surface area contributed by atoms with Crippen LogP contribution >= 0.6 is 11.6 Å². The molecule has 0 saturated heterocycles. The fraction of sp³-hybridized carbons (Fsp3) is 0.562. The summed E-state index contributed by atoms with van der Waals surface area (Å²) >= 11 is 6.03. The molecule has 1 aliphatic carbocycles. The molecule has 0 spiro atoms. The lowest BCUT2D eigenvalue weighted by Crippen LogP contribution is -2.26. The minimum absolute atomic E-state index is 0.00821. The van der Waals surface area contributed by atoms with Crippen LogP contribution in [0.25, 0.3) is 11.0 Å². The fourth-order valence-electron chi connectivity index (χ4n) is 3.06. The quantitative estimate of drug-likeness (QED) is 0.935. The van der Waals surface area contributed by atoms with Crippen molar-refractivity contribution in [2.24, 2.45) is 0 Å². The fourth-order valence-corrected chi connectivity index (χ4v) is 3.27. The zero-order valence-corrected chi connectivity index (χ0v) is 13.7. The number of hydrogen-bond acceptors (Lipinski definition) is 4. The number of hydrogen-bond donors (Lipinski definition) is 1. The van der Waals surface area contributed by atoms with Crippen LogP contribution in [0.1, 0.15) is 52.0 Å². The maximum absolute atomic E-state index is 12.3. The molecule has 5 nitrogen and oxygen atoms in total. The standard InChI is InChI=1S/C16H21ClN4O/c1-10(2)21-14-11(8-13(17)15(21)22)9-18-16(20-14)19-12-6-4-3-5-7-12/h8-10,12H,3-7H2,1-2H3,(H,18,19,20). The number of rotatable bonds is 3. The first-order valence-corrected chi connectivity index (χ1v) is 8.28. The van der Waals surface area contributed by atoms with Crippen LogP contribution in [0.3, 0.4) is 0 Å². The zero-order valence-electron chi connectivity index (χ0n) is 13.0. The summed E-state index contributed by atoms with van der Waals surface area (Å²) in [5.74, 6) is 0.593. The first-order chi connectivity index (χ1) is 10.6. The normalized spacial score (nSPS) is 16.4. The minimum Gasteiger partial charge on any atom is -0.351 e. The summed E-state index contributed by atoms with van der Waals surface area (Å²) in [6, 6.07) is 2.06. The third kappa shape index (κ3) is 2.95. The highest BCUT2D eigenvalue weighted by atomic mass is 35.5. The largest absolute Gasteiger partial charge is 0.351 e. The molecule has 0 radical (unpaired) electrons. The van der Waals surface area contributed by atoms with Gasteiger partial charge in [-0.15, -0.1) is 0 Å². The van der Waals surface area contributed by atoms with Gasteiger partial charge >= 0.3 is 0 Å². The molecule has 0 atom stereocenters. The molecule has 0 aromatic carbocycles. The van der Waals surface area contributed by atoms with E-state index in [0.29, 0.717) is 17.6 Å². The van der Waals surface area contributed by atoms with Gasteiger partial charge in [0.15, 0.2) is 0 Å². The van der Waals surface area contributed by atoms with Crippen LogP contribution in [0.4, 0.5) is 5.95 Å². The zero-order chi connectivity index (χ0) is 15.7. The molecule has 2 aromatic heterocycles. The van der Waals surface area contributed by atoms with Crippen LogP contribution in [-0.4, -0.2) is 20.6 Å². The van der Waals surface area contributed by atoms with Crippen molar-refractivity contribution < 1.29 is 0 Å². The minimum atomic E-state index is -0.202. The van der Waals surface area contributed by atoms with Gasteiger partial charge in [-0.1, -0.05) is 30.9 Å². The second kappa shape index (κ2) is 6.24. The monoisotopic (exact) mass is 320 g/mol. The molecule has 22 heavy (non-hydrogen) atoms. The van der Waals surface area contributed by atoms with E-state index in [9.17, 15) is 4.79 Å². The number of anilines is 1. The second-order valence-corrected chi connectivity index (χ2v) is 6.62. The Kier molecular flexibility index (Phi) is 4.34. The SMILES string of the molecule is CC(C)n1c(=O)c(Cl)cc2cnc(NC3CCCCC3)nc21. The Hall–Kier alpha value is -1.62. The summed E-state index contributed by atoms with van der Waals surface area (Å²) in [5, 5.41) is 4.39. The molecule has 1 saturated carbocycles. The lowest BCUT2D eigenvalue weighted by atomic mass is 9.96. The predicted octanol–water partition coefficient (Wildman–Crippen LogP) is 3.77. The Morgan fingerprint density at radius 3 is 2.73 bits per heavy atom. The van der Waals surface area contributed by atoms with Gasteiger partial charge in [-0.2, -0.15) is 4.98 Å². The molecule has 0 aliphatic heterocycles. The highest BCUT2D eigenvalue weighted by Gasteiger charge is 2.16. The maximum atomic E-state index is 12.3. The van der Waals surface area contributed by atoms with Gasteiger partial charge in [-0.25, -0.2) is 4.98 Å². The number of nitrogens with one attached hydrogen (secondary N) is 1. The van der Waals surface area contributed by atoms with Crippen LogP contribution in [-0.2, 0) is 0 Å². The van der Waals surface area contributed by atoms with Crippen molar-refractivity contribution in [1.29, 1.82) is 0 Å². The van der Waals surface area contributed by atoms with Gasteiger partial charge in [0.1, 0.15) is 10.7 Å². The predicted molar refractivity (Wildman–Crippen MR) is 89.7 cm³/mol. The van der Waals surface area contributed by atoms with Gasteiger partial charge in [-0.05, 0) is 32.8 Å². The average Bonchev–Trinajstić information content (AvgIpc) is 2.49. The van der Waals surface area contributed by atoms with Crippen molar-refractivity contribution in [2.45, 2.75) is 58.0 Å². The van der Waals surface area contributed by atoms with Gasteiger partial charge in [0, 0.05) is 23.7 Å². The van der Waals surface area contributed by atoms with Crippen LogP contribution < -0.4 is 10.9 Å². The molecular weight excluding hydrogens is 300 g/mol. The third-order valence-corrected chi connectivity index (χ3v) is 4.46. The Morgan fingerprint density at radius 2 is 2.05 bits per heavy atom. The first kappa shape index (κ1) is 15.3. The van der Waals surface area contributed by atoms with Crippen LogP contribution in [0, 0.1) is 0 Å². The molecule has 2 aromatic rings. The second-order valence-electron chi connectivity index (χ2n) is 6.21. The van der Waals surface area contributed by atoms with Crippen molar-refractivity contribution in [3.8, 4) is 0 Å². The lowest BCUT2D eigenvalue weighted by Gasteiger charge is -2.23. The van der Waals surface area contributed by atoms with E-state index < -0.39 is 0 Å². The van der Waals surface area contributed by atoms with E-state index in [1.165, 1.54) is 19.3 Å². The molecule has 1 fully saturated rings. The summed E-state index contributed by atoms with van der Waals surface area (Å²) in [5.41, 5.74) is 0.434. The van der Waals surface area contributed by atoms with Crippen molar-refractivity contribution in [3.05, 3.63) is 27.6 Å². The van der Waals surface area contributed by atoms with Crippen molar-refractivity contribution in [2.75, 3.05) is 5.32 Å². The Bertz CT molecular complexity index is 735. The maximum Gasteiger partial charge on any atom is 0.271 e. The van der Waals surface area contributed by atoms with Crippen molar-refractivity contribution >= 4 is 28.6 Å². The molecule has 1 aliphatic rings. The first-order valence-electron chi connectivity index (χ1n) is 7.90. The summed E-state index contributed by atoms with van der Waals surface area (Å²) in [6.45, 7) is 3.90. The summed E-state index contributed by atoms with van der Waals surface area (Å²) in [6.07, 6.45) is 7.84. The molecule has 2 heterocycles. The number of aromatic nitrogens is 3. The molecule has 3 rings (SSSR count). The molecule has 0 bridgehead atoms. The van der Waals surface area contributed by atoms with Gasteiger partial charge < -0.3 is 5.32 Å². The average molecular weight is 321 g/mol. The topological polar surface area (TPSA) is 59.8 Å². The Labute approximate surface area is 134 Å². The number of nitrogens with zero attached hydrogens (tertiary/aromatic N) is 3. The van der Waals surface area contributed by atoms with E-state index in [1.807, 2.05) is 13.8 Å². The Balaban J connectivity index is 2.02. The molecule has 0 unspecified atom stereocenters. The van der Waals surface area contributed by atoms with E-state index in [2.05, 4.69) is 15.3 Å². The molecule has 1 N–H and O–H groups in total. The van der Waals surface area contributed by atoms with Crippen LogP contribution in [0.15, 0.2) is 17.1 Å². The van der Waals surface area contributed by atoms with Crippen molar-refractivity contribution in [3.63, 3.8) is 0 Å².